The fourth-order valence-electron chi connectivity index (χ4n) is 5.17. The van der Waals surface area contributed by atoms with Gasteiger partial charge in [-0.2, -0.15) is 0 Å². The molecule has 3 heterocycles. The summed E-state index contributed by atoms with van der Waals surface area (Å²) in [6, 6.07) is 50.2. The van der Waals surface area contributed by atoms with Gasteiger partial charge in [0.05, 0.1) is 16.9 Å². The first-order valence-electron chi connectivity index (χ1n) is 14.2. The number of hydrogen-bond acceptors (Lipinski definition) is 3. The molecule has 0 bridgehead atoms. The van der Waals surface area contributed by atoms with Crippen molar-refractivity contribution in [3.05, 3.63) is 164 Å². The number of nitrogens with zero attached hydrogens (tertiary/aromatic N) is 3. The molecule has 0 fully saturated rings. The van der Waals surface area contributed by atoms with Crippen LogP contribution in [0.4, 0.5) is 0 Å². The largest absolute Gasteiger partial charge is 0.557 e. The fourth-order valence-corrected chi connectivity index (χ4v) is 5.17. The van der Waals surface area contributed by atoms with Crippen molar-refractivity contribution < 1.29 is 24.5 Å². The first-order chi connectivity index (χ1) is 21.2. The van der Waals surface area contributed by atoms with Gasteiger partial charge in [0.15, 0.2) is 0 Å². The maximum atomic E-state index is 5.70. The van der Waals surface area contributed by atoms with Crippen LogP contribution in [0.2, 0.25) is 0 Å². The van der Waals surface area contributed by atoms with Crippen molar-refractivity contribution in [3.8, 4) is 39.5 Å². The summed E-state index contributed by atoms with van der Waals surface area (Å²) in [5.41, 5.74) is 10.4. The first kappa shape index (κ1) is 29.0. The predicted octanol–water partition coefficient (Wildman–Crippen LogP) is 9.76. The number of para-hydroxylation sites is 3. The summed E-state index contributed by atoms with van der Waals surface area (Å²) in [7, 11) is 0. The van der Waals surface area contributed by atoms with E-state index in [-0.39, 0.29) is 20.1 Å². The monoisotopic (exact) mass is 746 g/mol. The molecule has 215 valence electrons. The number of fused-ring (bicyclic) bond motifs is 2. The van der Waals surface area contributed by atoms with E-state index in [0.29, 0.717) is 0 Å². The van der Waals surface area contributed by atoms with Gasteiger partial charge in [-0.3, -0.25) is 4.98 Å². The molecule has 0 unspecified atom stereocenters. The van der Waals surface area contributed by atoms with Crippen molar-refractivity contribution in [1.82, 2.24) is 14.5 Å². The molecular weight excluding hydrogens is 719 g/mol. The molecule has 0 N–H and O–H groups in total. The Hall–Kier alpha value is -5.09. The standard InChI is InChI=1S/C28H19N2O.C11H8N.Ir/c1-19-10-12-20(13-11-19)21-14-16-22(17-15-21)30-26-8-4-3-7-25(26)29-28(30)24-18-31-27-9-5-2-6-23(24)27;1-2-6-10(7-3-1)11-8-4-5-9-12-11;/h2-17H,1H3;1-6,8-9H;/q2*-1;. The van der Waals surface area contributed by atoms with Gasteiger partial charge in [-0.15, -0.1) is 42.0 Å². The summed E-state index contributed by atoms with van der Waals surface area (Å²) in [5, 5.41) is 1.01. The Labute approximate surface area is 270 Å². The normalized spacial score (nSPS) is 10.7. The van der Waals surface area contributed by atoms with Crippen LogP contribution in [0, 0.1) is 19.3 Å². The maximum absolute atomic E-state index is 5.70. The van der Waals surface area contributed by atoms with E-state index in [0.717, 1.165) is 50.3 Å². The van der Waals surface area contributed by atoms with Crippen LogP contribution in [0.15, 0.2) is 150 Å². The molecule has 0 aliphatic carbocycles. The van der Waals surface area contributed by atoms with Gasteiger partial charge in [0.2, 0.25) is 0 Å². The summed E-state index contributed by atoms with van der Waals surface area (Å²) >= 11 is 0. The Morgan fingerprint density at radius 1 is 0.682 bits per heavy atom. The van der Waals surface area contributed by atoms with Gasteiger partial charge >= 0.3 is 0 Å². The van der Waals surface area contributed by atoms with E-state index in [9.17, 15) is 0 Å². The second-order valence-corrected chi connectivity index (χ2v) is 10.2. The predicted molar refractivity (Wildman–Crippen MR) is 174 cm³/mol. The van der Waals surface area contributed by atoms with E-state index < -0.39 is 0 Å². The van der Waals surface area contributed by atoms with E-state index in [1.54, 1.807) is 6.20 Å². The zero-order valence-electron chi connectivity index (χ0n) is 23.9. The molecule has 0 amide bonds. The zero-order chi connectivity index (χ0) is 29.0. The third-order valence-corrected chi connectivity index (χ3v) is 7.36. The van der Waals surface area contributed by atoms with Gasteiger partial charge in [0.25, 0.3) is 0 Å². The minimum Gasteiger partial charge on any atom is -0.557 e. The van der Waals surface area contributed by atoms with Crippen LogP contribution in [0.25, 0.3) is 61.5 Å². The summed E-state index contributed by atoms with van der Waals surface area (Å²) in [4.78, 5) is 9.16. The van der Waals surface area contributed by atoms with Crippen LogP contribution < -0.4 is 0 Å². The Balaban J connectivity index is 0.000000222. The maximum Gasteiger partial charge on any atom is 0.0774 e. The Morgan fingerprint density at radius 3 is 2.14 bits per heavy atom. The second kappa shape index (κ2) is 13.0. The summed E-state index contributed by atoms with van der Waals surface area (Å²) in [5.74, 6) is 0.828. The molecule has 8 rings (SSSR count). The number of aryl methyl sites for hydroxylation is 1. The Morgan fingerprint density at radius 2 is 1.39 bits per heavy atom. The topological polar surface area (TPSA) is 43.9 Å². The van der Waals surface area contributed by atoms with Gasteiger partial charge in [-0.1, -0.05) is 95.4 Å². The Bertz CT molecular complexity index is 2080. The van der Waals surface area contributed by atoms with Gasteiger partial charge in [0, 0.05) is 43.8 Å². The molecule has 0 aliphatic rings. The molecule has 44 heavy (non-hydrogen) atoms. The number of hydrogen-bond donors (Lipinski definition) is 0. The summed E-state index contributed by atoms with van der Waals surface area (Å²) in [6.45, 7) is 2.11. The van der Waals surface area contributed by atoms with Gasteiger partial charge in [-0.25, -0.2) is 0 Å². The number of aromatic nitrogens is 3. The summed E-state index contributed by atoms with van der Waals surface area (Å²) in [6.07, 6.45) is 4.87. The van der Waals surface area contributed by atoms with Gasteiger partial charge in [0.1, 0.15) is 0 Å². The van der Waals surface area contributed by atoms with E-state index in [1.165, 1.54) is 16.7 Å². The molecule has 0 spiro atoms. The molecule has 0 atom stereocenters. The van der Waals surface area contributed by atoms with Crippen LogP contribution in [-0.4, -0.2) is 14.5 Å². The number of imidazole rings is 1. The van der Waals surface area contributed by atoms with E-state index in [4.69, 9.17) is 9.40 Å². The third kappa shape index (κ3) is 5.89. The average molecular weight is 746 g/mol. The second-order valence-electron chi connectivity index (χ2n) is 10.2. The number of pyridine rings is 1. The molecule has 0 saturated carbocycles. The minimum absolute atomic E-state index is 0. The van der Waals surface area contributed by atoms with Gasteiger partial charge < -0.3 is 14.0 Å². The van der Waals surface area contributed by atoms with Crippen LogP contribution in [0.3, 0.4) is 0 Å². The van der Waals surface area contributed by atoms with Crippen LogP contribution in [-0.2, 0) is 20.1 Å². The Kier molecular flexibility index (Phi) is 8.60. The van der Waals surface area contributed by atoms with E-state index in [1.807, 2.05) is 78.9 Å². The molecule has 5 heteroatoms. The van der Waals surface area contributed by atoms with Crippen molar-refractivity contribution >= 4 is 22.0 Å². The molecule has 5 aromatic carbocycles. The number of rotatable bonds is 4. The molecule has 3 aromatic heterocycles. The molecule has 0 aliphatic heterocycles. The van der Waals surface area contributed by atoms with Crippen molar-refractivity contribution in [1.29, 1.82) is 0 Å². The van der Waals surface area contributed by atoms with Crippen molar-refractivity contribution in [3.63, 3.8) is 0 Å². The first-order valence-corrected chi connectivity index (χ1v) is 14.2. The molecule has 0 saturated heterocycles. The quantitative estimate of drug-likeness (QED) is 0.169. The van der Waals surface area contributed by atoms with Crippen LogP contribution in [0.1, 0.15) is 5.56 Å². The van der Waals surface area contributed by atoms with Crippen molar-refractivity contribution in [2.75, 3.05) is 0 Å². The fraction of sp³-hybridized carbons (Fsp3) is 0.0256. The summed E-state index contributed by atoms with van der Waals surface area (Å²) < 4.78 is 7.88. The number of benzene rings is 5. The molecule has 4 nitrogen and oxygen atoms in total. The zero-order valence-corrected chi connectivity index (χ0v) is 26.3. The average Bonchev–Trinajstić information content (AvgIpc) is 3.68. The van der Waals surface area contributed by atoms with Crippen LogP contribution >= 0.6 is 0 Å². The minimum atomic E-state index is 0. The molecule has 1 radical (unpaired) electrons. The van der Waals surface area contributed by atoms with Crippen molar-refractivity contribution in [2.45, 2.75) is 6.92 Å². The smallest absolute Gasteiger partial charge is 0.0774 e. The van der Waals surface area contributed by atoms with E-state index >= 15 is 0 Å². The molecule has 8 aromatic rings. The molecular formula is C39H27IrN3O-2. The van der Waals surface area contributed by atoms with Gasteiger partial charge in [-0.05, 0) is 54.1 Å². The van der Waals surface area contributed by atoms with E-state index in [2.05, 4.69) is 89.5 Å². The SMILES string of the molecule is Cc1ccc(-c2ccc(-n3c(-c4[c-]oc5ccccc45)nc4ccccc43)cc2)cc1.[Ir].[c-]1ccccc1-c1ccccn1. The third-order valence-electron chi connectivity index (χ3n) is 7.36. The van der Waals surface area contributed by atoms with Crippen LogP contribution in [0.5, 0.6) is 0 Å². The van der Waals surface area contributed by atoms with Crippen molar-refractivity contribution in [2.24, 2.45) is 0 Å². The number of furan rings is 1.